The minimum Gasteiger partial charge on any atom is -0.390 e. The maximum absolute atomic E-state index is 12.2. The van der Waals surface area contributed by atoms with Gasteiger partial charge in [0.25, 0.3) is 5.56 Å². The third kappa shape index (κ3) is 6.73. The Morgan fingerprint density at radius 3 is 2.39 bits per heavy atom. The second-order valence-electron chi connectivity index (χ2n) is 6.41. The van der Waals surface area contributed by atoms with Crippen LogP contribution in [0.5, 0.6) is 0 Å². The van der Waals surface area contributed by atoms with E-state index in [0.717, 1.165) is 10.8 Å². The second-order valence-corrected chi connectivity index (χ2v) is 10.8. The van der Waals surface area contributed by atoms with Gasteiger partial charge in [0.1, 0.15) is 6.10 Å². The number of nitrogens with one attached hydrogen (secondary N) is 1. The molecule has 31 heavy (non-hydrogen) atoms. The SMILES string of the molecule is Cc1cn([C@@]2(CN)C[C@H](O)[C@@H](COP(=O)(O)OP(=O)(O)OP(=O)(O)O)O2)c(=O)[nH]c1=O. The van der Waals surface area contributed by atoms with Crippen molar-refractivity contribution in [1.29, 1.82) is 0 Å². The van der Waals surface area contributed by atoms with Gasteiger partial charge in [0.2, 0.25) is 0 Å². The van der Waals surface area contributed by atoms with Gasteiger partial charge in [-0.25, -0.2) is 18.5 Å². The van der Waals surface area contributed by atoms with Crippen molar-refractivity contribution in [2.45, 2.75) is 31.3 Å². The molecule has 0 bridgehead atoms. The minimum atomic E-state index is -5.71. The zero-order valence-electron chi connectivity index (χ0n) is 15.6. The molecular weight excluding hydrogens is 491 g/mol. The molecule has 2 rings (SSSR count). The average Bonchev–Trinajstić information content (AvgIpc) is 2.90. The summed E-state index contributed by atoms with van der Waals surface area (Å²) in [5.74, 6) is 0. The highest BCUT2D eigenvalue weighted by molar-refractivity contribution is 7.66. The molecule has 2 heterocycles. The summed E-state index contributed by atoms with van der Waals surface area (Å²) in [5.41, 5.74) is 2.59. The number of H-pyrrole nitrogens is 1. The molecule has 0 amide bonds. The van der Waals surface area contributed by atoms with Crippen LogP contribution in [0.1, 0.15) is 12.0 Å². The molecule has 1 aliphatic rings. The van der Waals surface area contributed by atoms with Crippen LogP contribution < -0.4 is 17.0 Å². The predicted molar refractivity (Wildman–Crippen MR) is 98.4 cm³/mol. The van der Waals surface area contributed by atoms with Crippen molar-refractivity contribution in [3.8, 4) is 0 Å². The summed E-state index contributed by atoms with van der Waals surface area (Å²) < 4.78 is 51.8. The highest BCUT2D eigenvalue weighted by Gasteiger charge is 2.49. The van der Waals surface area contributed by atoms with Gasteiger partial charge in [-0.15, -0.1) is 0 Å². The maximum Gasteiger partial charge on any atom is 0.490 e. The first-order valence-corrected chi connectivity index (χ1v) is 12.7. The van der Waals surface area contributed by atoms with Gasteiger partial charge in [-0.3, -0.25) is 18.9 Å². The van der Waals surface area contributed by atoms with Crippen molar-refractivity contribution in [2.24, 2.45) is 5.73 Å². The van der Waals surface area contributed by atoms with Gasteiger partial charge in [0.05, 0.1) is 12.7 Å². The molecule has 2 unspecified atom stereocenters. The van der Waals surface area contributed by atoms with Gasteiger partial charge < -0.3 is 35.2 Å². The van der Waals surface area contributed by atoms with Crippen molar-refractivity contribution >= 4 is 23.5 Å². The monoisotopic (exact) mass is 511 g/mol. The Hall–Kier alpha value is -1.03. The van der Waals surface area contributed by atoms with Crippen LogP contribution in [0.2, 0.25) is 0 Å². The van der Waals surface area contributed by atoms with Crippen LogP contribution in [0, 0.1) is 6.92 Å². The highest BCUT2D eigenvalue weighted by Crippen LogP contribution is 2.66. The molecule has 1 aromatic rings. The molecule has 178 valence electrons. The molecule has 1 aromatic heterocycles. The summed E-state index contributed by atoms with van der Waals surface area (Å²) in [5, 5.41) is 10.2. The fraction of sp³-hybridized carbons (Fsp3) is 0.636. The molecule has 8 N–H and O–H groups in total. The molecule has 1 fully saturated rings. The Labute approximate surface area is 172 Å². The van der Waals surface area contributed by atoms with Crippen molar-refractivity contribution in [2.75, 3.05) is 13.2 Å². The number of rotatable bonds is 9. The first kappa shape index (κ1) is 26.2. The van der Waals surface area contributed by atoms with Crippen molar-refractivity contribution in [3.63, 3.8) is 0 Å². The number of aryl methyl sites for hydroxylation is 1. The van der Waals surface area contributed by atoms with Gasteiger partial charge in [0.15, 0.2) is 5.72 Å². The molecule has 5 atom stereocenters. The number of nitrogens with two attached hydrogens (primary N) is 1. The third-order valence-electron chi connectivity index (χ3n) is 4.02. The van der Waals surface area contributed by atoms with E-state index in [1.807, 2.05) is 4.98 Å². The minimum absolute atomic E-state index is 0.127. The van der Waals surface area contributed by atoms with Crippen LogP contribution in [0.25, 0.3) is 0 Å². The summed E-state index contributed by atoms with van der Waals surface area (Å²) in [7, 11) is -16.7. The Morgan fingerprint density at radius 2 is 1.84 bits per heavy atom. The van der Waals surface area contributed by atoms with Gasteiger partial charge in [-0.2, -0.15) is 8.62 Å². The lowest BCUT2D eigenvalue weighted by atomic mass is 10.1. The largest absolute Gasteiger partial charge is 0.490 e. The van der Waals surface area contributed by atoms with Crippen LogP contribution in [-0.2, 0) is 37.3 Å². The quantitative estimate of drug-likeness (QED) is 0.176. The van der Waals surface area contributed by atoms with Gasteiger partial charge in [-0.05, 0) is 6.92 Å². The van der Waals surface area contributed by atoms with Crippen LogP contribution in [0.4, 0.5) is 0 Å². The number of hydrogen-bond donors (Lipinski definition) is 7. The zero-order chi connectivity index (χ0) is 23.8. The number of ether oxygens (including phenoxy) is 1. The Bertz CT molecular complexity index is 1080. The zero-order valence-corrected chi connectivity index (χ0v) is 18.3. The molecule has 17 nitrogen and oxygen atoms in total. The van der Waals surface area contributed by atoms with E-state index in [1.54, 1.807) is 0 Å². The Kier molecular flexibility index (Phi) is 7.68. The smallest absolute Gasteiger partial charge is 0.390 e. The van der Waals surface area contributed by atoms with Crippen LogP contribution >= 0.6 is 23.5 Å². The normalized spacial score (nSPS) is 28.2. The number of aromatic nitrogens is 2. The lowest BCUT2D eigenvalue weighted by Gasteiger charge is -2.30. The van der Waals surface area contributed by atoms with E-state index >= 15 is 0 Å². The first-order chi connectivity index (χ1) is 14.0. The summed E-state index contributed by atoms with van der Waals surface area (Å²) in [6.07, 6.45) is -1.99. The predicted octanol–water partition coefficient (Wildman–Crippen LogP) is -2.05. The average molecular weight is 511 g/mol. The van der Waals surface area contributed by atoms with E-state index in [2.05, 4.69) is 13.1 Å². The molecule has 0 spiro atoms. The summed E-state index contributed by atoms with van der Waals surface area (Å²) in [6, 6.07) is 0. The number of aromatic amines is 1. The van der Waals surface area contributed by atoms with Crippen molar-refractivity contribution in [3.05, 3.63) is 32.6 Å². The third-order valence-corrected chi connectivity index (χ3v) is 7.83. The fourth-order valence-corrected chi connectivity index (χ4v) is 5.77. The van der Waals surface area contributed by atoms with Gasteiger partial charge in [-0.1, -0.05) is 0 Å². The van der Waals surface area contributed by atoms with Gasteiger partial charge >= 0.3 is 29.2 Å². The van der Waals surface area contributed by atoms with E-state index < -0.39 is 59.3 Å². The second kappa shape index (κ2) is 9.08. The van der Waals surface area contributed by atoms with Crippen LogP contribution in [0.3, 0.4) is 0 Å². The van der Waals surface area contributed by atoms with E-state index in [4.69, 9.17) is 25.2 Å². The lowest BCUT2D eigenvalue weighted by molar-refractivity contribution is -0.112. The van der Waals surface area contributed by atoms with Crippen molar-refractivity contribution in [1.82, 2.24) is 9.55 Å². The molecule has 1 saturated heterocycles. The summed E-state index contributed by atoms with van der Waals surface area (Å²) >= 11 is 0. The van der Waals surface area contributed by atoms with Crippen LogP contribution in [-0.4, -0.2) is 59.6 Å². The number of aliphatic hydroxyl groups excluding tert-OH is 1. The Morgan fingerprint density at radius 1 is 1.23 bits per heavy atom. The van der Waals surface area contributed by atoms with E-state index in [9.17, 15) is 33.3 Å². The first-order valence-electron chi connectivity index (χ1n) is 8.16. The topological polar surface area (TPSA) is 270 Å². The molecule has 1 aliphatic heterocycles. The number of aliphatic hydroxyl groups is 1. The number of hydrogen-bond acceptors (Lipinski definition) is 11. The molecule has 0 saturated carbocycles. The molecule has 0 aromatic carbocycles. The number of nitrogens with zero attached hydrogens (tertiary/aromatic N) is 1. The van der Waals surface area contributed by atoms with Gasteiger partial charge in [0, 0.05) is 24.7 Å². The molecule has 0 aliphatic carbocycles. The lowest BCUT2D eigenvalue weighted by Crippen LogP contribution is -2.49. The number of phosphoric acid groups is 3. The van der Waals surface area contributed by atoms with Crippen LogP contribution in [0.15, 0.2) is 15.8 Å². The van der Waals surface area contributed by atoms with Crippen molar-refractivity contribution < 1.29 is 56.3 Å². The maximum atomic E-state index is 12.2. The highest BCUT2D eigenvalue weighted by atomic mass is 31.3. The number of phosphoric ester groups is 1. The van der Waals surface area contributed by atoms with E-state index in [1.165, 1.54) is 6.92 Å². The Balaban J connectivity index is 2.16. The summed E-state index contributed by atoms with van der Waals surface area (Å²) in [6.45, 7) is 0.0854. The standard InChI is InChI=1S/C11H20N3O14P3/c1-6-3-14(10(17)13-9(6)16)11(5-12)2-7(15)8(26-11)4-25-30(21,22)28-31(23,24)27-29(18,19)20/h3,7-8,15H,2,4-5,12H2,1H3,(H,21,22)(H,23,24)(H,13,16,17)(H2,18,19,20)/t7-,8+,11-/m0/s1. The summed E-state index contributed by atoms with van der Waals surface area (Å²) in [4.78, 5) is 61.4. The van der Waals surface area contributed by atoms with E-state index in [0.29, 0.717) is 0 Å². The molecule has 20 heteroatoms. The van der Waals surface area contributed by atoms with E-state index in [-0.39, 0.29) is 18.5 Å². The fourth-order valence-electron chi connectivity index (χ4n) is 2.74. The molecule has 0 radical (unpaired) electrons. The molecular formula is C11H20N3O14P3.